The van der Waals surface area contributed by atoms with E-state index >= 15 is 0 Å². The van der Waals surface area contributed by atoms with Crippen molar-refractivity contribution in [2.75, 3.05) is 13.6 Å². The van der Waals surface area contributed by atoms with Crippen molar-refractivity contribution in [3.8, 4) is 0 Å². The Balaban J connectivity index is 3.88. The van der Waals surface area contributed by atoms with Crippen molar-refractivity contribution in [3.63, 3.8) is 0 Å². The highest BCUT2D eigenvalue weighted by atomic mass is 16.1. The molecule has 0 radical (unpaired) electrons. The maximum absolute atomic E-state index is 11.1. The van der Waals surface area contributed by atoms with Gasteiger partial charge in [-0.2, -0.15) is 5.12 Å². The molecule has 1 atom stereocenters. The second-order valence-electron chi connectivity index (χ2n) is 3.04. The Labute approximate surface area is 79.4 Å². The van der Waals surface area contributed by atoms with Gasteiger partial charge in [0, 0.05) is 7.05 Å². The van der Waals surface area contributed by atoms with Gasteiger partial charge in [-0.15, -0.1) is 0 Å². The van der Waals surface area contributed by atoms with E-state index in [-0.39, 0.29) is 11.8 Å². The van der Waals surface area contributed by atoms with Gasteiger partial charge in [0.2, 0.25) is 0 Å². The third-order valence-electron chi connectivity index (χ3n) is 1.99. The maximum Gasteiger partial charge on any atom is 0.149 e. The molecule has 5 N–H and O–H groups in total. The number of hydrogen-bond acceptors (Lipinski definition) is 5. The first-order chi connectivity index (χ1) is 6.13. The SMILES string of the molecule is CNN(N)[C@@H](CCCCN)C(C)=O. The summed E-state index contributed by atoms with van der Waals surface area (Å²) in [5, 5.41) is 1.35. The number of rotatable bonds is 7. The van der Waals surface area contributed by atoms with E-state index < -0.39 is 0 Å². The minimum Gasteiger partial charge on any atom is -0.330 e. The van der Waals surface area contributed by atoms with Gasteiger partial charge >= 0.3 is 0 Å². The number of Topliss-reactive ketones (excluding diaryl/α,β-unsaturated/α-hetero) is 1. The Bertz CT molecular complexity index is 151. The fraction of sp³-hybridized carbons (Fsp3) is 0.875. The van der Waals surface area contributed by atoms with E-state index in [4.69, 9.17) is 11.6 Å². The maximum atomic E-state index is 11.1. The quantitative estimate of drug-likeness (QED) is 0.282. The molecule has 0 saturated carbocycles. The number of hydrogen-bond donors (Lipinski definition) is 3. The summed E-state index contributed by atoms with van der Waals surface area (Å²) in [6, 6.07) is -0.239. The topological polar surface area (TPSA) is 84.4 Å². The second kappa shape index (κ2) is 6.97. The zero-order valence-corrected chi connectivity index (χ0v) is 8.42. The molecule has 0 aromatic heterocycles. The summed E-state index contributed by atoms with van der Waals surface area (Å²) in [4.78, 5) is 11.1. The number of unbranched alkanes of at least 4 members (excludes halogenated alkanes) is 1. The van der Waals surface area contributed by atoms with Gasteiger partial charge in [0.1, 0.15) is 5.78 Å². The number of ketones is 1. The number of hydrazine groups is 2. The highest BCUT2D eigenvalue weighted by Gasteiger charge is 2.18. The minimum absolute atomic E-state index is 0.0777. The molecule has 0 aliphatic carbocycles. The summed E-state index contributed by atoms with van der Waals surface area (Å²) in [5.74, 6) is 5.65. The van der Waals surface area contributed by atoms with Crippen molar-refractivity contribution >= 4 is 5.78 Å². The largest absolute Gasteiger partial charge is 0.330 e. The molecule has 0 aliphatic rings. The minimum atomic E-state index is -0.239. The zero-order chi connectivity index (χ0) is 10.3. The van der Waals surface area contributed by atoms with Crippen molar-refractivity contribution in [2.45, 2.75) is 32.2 Å². The molecule has 5 heteroatoms. The van der Waals surface area contributed by atoms with Crippen LogP contribution in [0.1, 0.15) is 26.2 Å². The zero-order valence-electron chi connectivity index (χ0n) is 8.42. The van der Waals surface area contributed by atoms with Crippen molar-refractivity contribution in [3.05, 3.63) is 0 Å². The summed E-state index contributed by atoms with van der Waals surface area (Å²) < 4.78 is 0. The Hall–Kier alpha value is -0.490. The van der Waals surface area contributed by atoms with Crippen LogP contribution >= 0.6 is 0 Å². The van der Waals surface area contributed by atoms with E-state index in [2.05, 4.69) is 5.43 Å². The van der Waals surface area contributed by atoms with Gasteiger partial charge in [0.25, 0.3) is 0 Å². The van der Waals surface area contributed by atoms with Gasteiger partial charge < -0.3 is 5.73 Å². The van der Waals surface area contributed by atoms with Crippen LogP contribution in [0.5, 0.6) is 0 Å². The van der Waals surface area contributed by atoms with Crippen LogP contribution in [-0.4, -0.2) is 30.5 Å². The second-order valence-corrected chi connectivity index (χ2v) is 3.04. The average Bonchev–Trinajstić information content (AvgIpc) is 2.11. The molecule has 0 saturated heterocycles. The van der Waals surface area contributed by atoms with Crippen LogP contribution < -0.4 is 17.0 Å². The lowest BCUT2D eigenvalue weighted by atomic mass is 10.1. The third kappa shape index (κ3) is 4.94. The van der Waals surface area contributed by atoms with Crippen LogP contribution in [0.2, 0.25) is 0 Å². The molecule has 0 aliphatic heterocycles. The van der Waals surface area contributed by atoms with Crippen molar-refractivity contribution in [1.82, 2.24) is 10.5 Å². The summed E-state index contributed by atoms with van der Waals surface area (Å²) in [6.07, 6.45) is 2.61. The number of nitrogens with one attached hydrogen (secondary N) is 1. The Kier molecular flexibility index (Phi) is 6.70. The number of nitrogens with two attached hydrogens (primary N) is 2. The smallest absolute Gasteiger partial charge is 0.149 e. The fourth-order valence-electron chi connectivity index (χ4n) is 1.18. The highest BCUT2D eigenvalue weighted by Crippen LogP contribution is 2.04. The molecule has 5 nitrogen and oxygen atoms in total. The van der Waals surface area contributed by atoms with Crippen molar-refractivity contribution < 1.29 is 4.79 Å². The molecule has 0 unspecified atom stereocenters. The van der Waals surface area contributed by atoms with E-state index in [0.717, 1.165) is 19.3 Å². The molecule has 0 heterocycles. The lowest BCUT2D eigenvalue weighted by molar-refractivity contribution is -0.123. The Morgan fingerprint density at radius 1 is 1.54 bits per heavy atom. The molecule has 0 aromatic rings. The monoisotopic (exact) mass is 188 g/mol. The van der Waals surface area contributed by atoms with Crippen LogP contribution in [0.3, 0.4) is 0 Å². The first-order valence-electron chi connectivity index (χ1n) is 4.55. The number of carbonyl (C=O) groups excluding carboxylic acids is 1. The molecule has 0 spiro atoms. The van der Waals surface area contributed by atoms with Crippen LogP contribution in [0, 0.1) is 0 Å². The predicted octanol–water partition coefficient (Wildman–Crippen LogP) is -0.617. The normalized spacial score (nSPS) is 13.3. The summed E-state index contributed by atoms with van der Waals surface area (Å²) in [5.41, 5.74) is 8.09. The van der Waals surface area contributed by atoms with Crippen LogP contribution in [-0.2, 0) is 4.79 Å². The van der Waals surface area contributed by atoms with E-state index in [1.54, 1.807) is 14.0 Å². The molecule has 0 amide bonds. The van der Waals surface area contributed by atoms with Gasteiger partial charge in [-0.1, -0.05) is 6.42 Å². The summed E-state index contributed by atoms with van der Waals surface area (Å²) >= 11 is 0. The van der Waals surface area contributed by atoms with Crippen molar-refractivity contribution in [2.24, 2.45) is 11.6 Å². The van der Waals surface area contributed by atoms with Gasteiger partial charge in [-0.3, -0.25) is 10.6 Å². The molecule has 0 bridgehead atoms. The standard InChI is InChI=1S/C8H20N4O/c1-7(13)8(12(10)11-2)5-3-4-6-9/h8,11H,3-6,9-10H2,1-2H3/t8-/m0/s1. The van der Waals surface area contributed by atoms with E-state index in [0.29, 0.717) is 6.54 Å². The molecule has 78 valence electrons. The van der Waals surface area contributed by atoms with Gasteiger partial charge in [-0.25, -0.2) is 5.43 Å². The van der Waals surface area contributed by atoms with Gasteiger partial charge in [-0.05, 0) is 26.3 Å². The third-order valence-corrected chi connectivity index (χ3v) is 1.99. The number of nitrogens with zero attached hydrogens (tertiary/aromatic N) is 1. The lowest BCUT2D eigenvalue weighted by Crippen LogP contribution is -2.51. The average molecular weight is 188 g/mol. The molecule has 0 aromatic carbocycles. The van der Waals surface area contributed by atoms with Gasteiger partial charge in [0.05, 0.1) is 6.04 Å². The Morgan fingerprint density at radius 3 is 2.54 bits per heavy atom. The van der Waals surface area contributed by atoms with E-state index in [1.807, 2.05) is 0 Å². The molecule has 0 fully saturated rings. The molecular formula is C8H20N4O. The molecule has 0 rings (SSSR count). The van der Waals surface area contributed by atoms with Crippen LogP contribution in [0.25, 0.3) is 0 Å². The summed E-state index contributed by atoms with van der Waals surface area (Å²) in [7, 11) is 1.69. The lowest BCUT2D eigenvalue weighted by Gasteiger charge is -2.23. The van der Waals surface area contributed by atoms with Gasteiger partial charge in [0.15, 0.2) is 0 Å². The summed E-state index contributed by atoms with van der Waals surface area (Å²) in [6.45, 7) is 2.21. The van der Waals surface area contributed by atoms with Crippen LogP contribution in [0.15, 0.2) is 0 Å². The predicted molar refractivity (Wildman–Crippen MR) is 52.5 cm³/mol. The Morgan fingerprint density at radius 2 is 2.15 bits per heavy atom. The van der Waals surface area contributed by atoms with E-state index in [9.17, 15) is 4.79 Å². The van der Waals surface area contributed by atoms with E-state index in [1.165, 1.54) is 5.12 Å². The first kappa shape index (κ1) is 12.5. The molecular weight excluding hydrogens is 168 g/mol. The van der Waals surface area contributed by atoms with Crippen LogP contribution in [0.4, 0.5) is 0 Å². The highest BCUT2D eigenvalue weighted by molar-refractivity contribution is 5.81. The van der Waals surface area contributed by atoms with Crippen molar-refractivity contribution in [1.29, 1.82) is 0 Å². The number of carbonyl (C=O) groups is 1. The first-order valence-corrected chi connectivity index (χ1v) is 4.55. The fourth-order valence-corrected chi connectivity index (χ4v) is 1.18. The molecule has 13 heavy (non-hydrogen) atoms.